The van der Waals surface area contributed by atoms with Gasteiger partial charge in [-0.25, -0.2) is 0 Å². The molecule has 0 fully saturated rings. The number of hydrogen-bond acceptors (Lipinski definition) is 3. The lowest BCUT2D eigenvalue weighted by atomic mass is 10.3. The van der Waals surface area contributed by atoms with Gasteiger partial charge in [0.1, 0.15) is 12.4 Å². The van der Waals surface area contributed by atoms with Gasteiger partial charge in [-0.1, -0.05) is 29.5 Å². The van der Waals surface area contributed by atoms with Gasteiger partial charge in [-0.15, -0.1) is 11.3 Å². The monoisotopic (exact) mass is 292 g/mol. The Balaban J connectivity index is 1.92. The van der Waals surface area contributed by atoms with Crippen LogP contribution >= 0.6 is 22.9 Å². The molecule has 0 aliphatic carbocycles. The lowest BCUT2D eigenvalue weighted by molar-refractivity contribution is 0.305. The number of halogens is 1. The van der Waals surface area contributed by atoms with Crippen LogP contribution in [0.2, 0.25) is 5.02 Å². The van der Waals surface area contributed by atoms with E-state index in [0.29, 0.717) is 18.1 Å². The van der Waals surface area contributed by atoms with E-state index in [1.165, 1.54) is 0 Å². The number of aliphatic hydroxyl groups is 1. The van der Waals surface area contributed by atoms with Crippen molar-refractivity contribution in [2.75, 3.05) is 6.61 Å². The normalized spacial score (nSPS) is 9.79. The molecular formula is C15H13ClO2S. The molecule has 0 radical (unpaired) electrons. The van der Waals surface area contributed by atoms with Crippen molar-refractivity contribution >= 4 is 22.9 Å². The minimum absolute atomic E-state index is 0.0991. The molecule has 0 bridgehead atoms. The molecule has 98 valence electrons. The van der Waals surface area contributed by atoms with E-state index in [0.717, 1.165) is 16.2 Å². The molecule has 0 spiro atoms. The molecule has 1 aromatic heterocycles. The molecule has 0 atom stereocenters. The van der Waals surface area contributed by atoms with Crippen molar-refractivity contribution in [3.05, 3.63) is 51.2 Å². The molecule has 1 aromatic carbocycles. The van der Waals surface area contributed by atoms with E-state index >= 15 is 0 Å². The van der Waals surface area contributed by atoms with Gasteiger partial charge in [0.25, 0.3) is 0 Å². The summed E-state index contributed by atoms with van der Waals surface area (Å²) in [5.41, 5.74) is 0.961. The smallest absolute Gasteiger partial charge is 0.122 e. The second-order valence-corrected chi connectivity index (χ2v) is 5.26. The van der Waals surface area contributed by atoms with Crippen LogP contribution in [0.5, 0.6) is 5.75 Å². The van der Waals surface area contributed by atoms with E-state index in [1.54, 1.807) is 17.4 Å². The summed E-state index contributed by atoms with van der Waals surface area (Å²) in [7, 11) is 0. The van der Waals surface area contributed by atoms with Crippen LogP contribution in [0.1, 0.15) is 16.9 Å². The van der Waals surface area contributed by atoms with E-state index in [4.69, 9.17) is 21.4 Å². The first-order valence-corrected chi connectivity index (χ1v) is 7.09. The summed E-state index contributed by atoms with van der Waals surface area (Å²) < 4.78 is 5.65. The number of rotatable bonds is 4. The van der Waals surface area contributed by atoms with Crippen molar-refractivity contribution in [3.8, 4) is 17.6 Å². The predicted octanol–water partition coefficient (Wildman–Crippen LogP) is 3.71. The van der Waals surface area contributed by atoms with E-state index in [-0.39, 0.29) is 6.61 Å². The summed E-state index contributed by atoms with van der Waals surface area (Å²) >= 11 is 7.49. The Morgan fingerprint density at radius 1 is 1.32 bits per heavy atom. The van der Waals surface area contributed by atoms with Gasteiger partial charge in [0.05, 0.1) is 6.61 Å². The minimum Gasteiger partial charge on any atom is -0.488 e. The molecule has 1 N–H and O–H groups in total. The van der Waals surface area contributed by atoms with Crippen LogP contribution in [-0.4, -0.2) is 11.7 Å². The third-order valence-corrected chi connectivity index (χ3v) is 3.45. The number of thiophene rings is 1. The molecular weight excluding hydrogens is 280 g/mol. The first-order chi connectivity index (χ1) is 9.28. The minimum atomic E-state index is 0.0991. The van der Waals surface area contributed by atoms with Crippen molar-refractivity contribution < 1.29 is 9.84 Å². The lowest BCUT2D eigenvalue weighted by Gasteiger charge is -2.04. The molecule has 1 heterocycles. The highest BCUT2D eigenvalue weighted by Crippen LogP contribution is 2.20. The fraction of sp³-hybridized carbons (Fsp3) is 0.200. The second-order valence-electron chi connectivity index (χ2n) is 3.82. The van der Waals surface area contributed by atoms with Crippen LogP contribution in [0.4, 0.5) is 0 Å². The van der Waals surface area contributed by atoms with Crippen LogP contribution in [0, 0.1) is 11.8 Å². The summed E-state index contributed by atoms with van der Waals surface area (Å²) in [6, 6.07) is 9.34. The zero-order valence-electron chi connectivity index (χ0n) is 10.2. The zero-order chi connectivity index (χ0) is 13.5. The third-order valence-electron chi connectivity index (χ3n) is 2.30. The van der Waals surface area contributed by atoms with E-state index in [9.17, 15) is 0 Å². The van der Waals surface area contributed by atoms with Crippen LogP contribution in [0.3, 0.4) is 0 Å². The fourth-order valence-electron chi connectivity index (χ4n) is 1.45. The van der Waals surface area contributed by atoms with Crippen LogP contribution in [0.25, 0.3) is 0 Å². The summed E-state index contributed by atoms with van der Waals surface area (Å²) in [4.78, 5) is 1.10. The van der Waals surface area contributed by atoms with Gasteiger partial charge in [-0.3, -0.25) is 0 Å². The lowest BCUT2D eigenvalue weighted by Crippen LogP contribution is -1.92. The zero-order valence-corrected chi connectivity index (χ0v) is 11.8. The van der Waals surface area contributed by atoms with Crippen LogP contribution in [-0.2, 0) is 6.61 Å². The van der Waals surface area contributed by atoms with Gasteiger partial charge in [0.15, 0.2) is 0 Å². The van der Waals surface area contributed by atoms with Crippen molar-refractivity contribution in [2.24, 2.45) is 0 Å². The van der Waals surface area contributed by atoms with Crippen LogP contribution in [0.15, 0.2) is 35.7 Å². The van der Waals surface area contributed by atoms with Crippen molar-refractivity contribution in [3.63, 3.8) is 0 Å². The van der Waals surface area contributed by atoms with E-state index in [1.807, 2.05) is 29.6 Å². The van der Waals surface area contributed by atoms with Crippen molar-refractivity contribution in [1.29, 1.82) is 0 Å². The predicted molar refractivity (Wildman–Crippen MR) is 78.7 cm³/mol. The van der Waals surface area contributed by atoms with Gasteiger partial charge in [-0.2, -0.15) is 0 Å². The molecule has 4 heteroatoms. The number of aliphatic hydroxyl groups excluding tert-OH is 1. The van der Waals surface area contributed by atoms with E-state index in [2.05, 4.69) is 11.8 Å². The Labute approximate surface area is 121 Å². The molecule has 2 nitrogen and oxygen atoms in total. The molecule has 19 heavy (non-hydrogen) atoms. The SMILES string of the molecule is OCCC#Cc1csc(COc2cccc(Cl)c2)c1. The van der Waals surface area contributed by atoms with E-state index < -0.39 is 0 Å². The Morgan fingerprint density at radius 3 is 3.00 bits per heavy atom. The largest absolute Gasteiger partial charge is 0.488 e. The third kappa shape index (κ3) is 4.60. The standard InChI is InChI=1S/C15H13ClO2S/c16-13-5-3-6-14(9-13)18-10-15-8-12(11-19-15)4-1-2-7-17/h3,5-6,8-9,11,17H,2,7,10H2. The highest BCUT2D eigenvalue weighted by molar-refractivity contribution is 7.10. The Hall–Kier alpha value is -1.47. The number of ether oxygens (including phenoxy) is 1. The Morgan fingerprint density at radius 2 is 2.21 bits per heavy atom. The summed E-state index contributed by atoms with van der Waals surface area (Å²) in [5.74, 6) is 6.65. The molecule has 2 rings (SSSR count). The highest BCUT2D eigenvalue weighted by Gasteiger charge is 2.00. The van der Waals surface area contributed by atoms with Crippen molar-refractivity contribution in [1.82, 2.24) is 0 Å². The topological polar surface area (TPSA) is 29.5 Å². The van der Waals surface area contributed by atoms with Gasteiger partial charge in [-0.05, 0) is 24.3 Å². The first-order valence-electron chi connectivity index (χ1n) is 5.83. The summed E-state index contributed by atoms with van der Waals surface area (Å²) in [5, 5.41) is 11.3. The molecule has 0 unspecified atom stereocenters. The fourth-order valence-corrected chi connectivity index (χ4v) is 2.36. The van der Waals surface area contributed by atoms with Gasteiger partial charge < -0.3 is 9.84 Å². The van der Waals surface area contributed by atoms with Crippen molar-refractivity contribution in [2.45, 2.75) is 13.0 Å². The molecule has 0 saturated heterocycles. The maximum absolute atomic E-state index is 8.65. The summed E-state index contributed by atoms with van der Waals surface area (Å²) in [6.45, 7) is 0.606. The quantitative estimate of drug-likeness (QED) is 0.871. The second kappa shape index (κ2) is 7.20. The number of benzene rings is 1. The van der Waals surface area contributed by atoms with Gasteiger partial charge in [0, 0.05) is 27.3 Å². The Bertz CT molecular complexity index is 595. The Kier molecular flexibility index (Phi) is 5.29. The average Bonchev–Trinajstić information content (AvgIpc) is 2.85. The molecule has 0 aliphatic rings. The molecule has 0 aliphatic heterocycles. The average molecular weight is 293 g/mol. The molecule has 0 amide bonds. The van der Waals surface area contributed by atoms with Crippen LogP contribution < -0.4 is 4.74 Å². The number of hydrogen-bond donors (Lipinski definition) is 1. The summed E-state index contributed by atoms with van der Waals surface area (Å²) in [6.07, 6.45) is 0.504. The molecule has 2 aromatic rings. The first kappa shape index (κ1) is 14.0. The maximum Gasteiger partial charge on any atom is 0.122 e. The molecule has 0 saturated carbocycles. The van der Waals surface area contributed by atoms with Gasteiger partial charge >= 0.3 is 0 Å². The van der Waals surface area contributed by atoms with Gasteiger partial charge in [0.2, 0.25) is 0 Å². The highest BCUT2D eigenvalue weighted by atomic mass is 35.5. The maximum atomic E-state index is 8.65.